The standard InChI is InChI=1S/C11H11BrN2O2/c12-8-4-2-1-3-7(8)6-13-9-5-10(15)14-11(9)16/h1-4,9,13H,5-6H2,(H,14,15,16). The molecule has 1 aliphatic rings. The van der Waals surface area contributed by atoms with E-state index in [4.69, 9.17) is 0 Å². The Morgan fingerprint density at radius 3 is 2.75 bits per heavy atom. The van der Waals surface area contributed by atoms with Gasteiger partial charge in [0.05, 0.1) is 12.5 Å². The van der Waals surface area contributed by atoms with Crippen molar-refractivity contribution in [2.24, 2.45) is 0 Å². The van der Waals surface area contributed by atoms with Crippen LogP contribution in [0.15, 0.2) is 28.7 Å². The second-order valence-corrected chi connectivity index (χ2v) is 4.50. The minimum Gasteiger partial charge on any atom is -0.301 e. The lowest BCUT2D eigenvalue weighted by Crippen LogP contribution is -2.35. The Hall–Kier alpha value is -1.20. The number of amides is 2. The molecule has 1 fully saturated rings. The van der Waals surface area contributed by atoms with Crippen LogP contribution in [0.5, 0.6) is 0 Å². The zero-order chi connectivity index (χ0) is 11.5. The van der Waals surface area contributed by atoms with E-state index in [0.29, 0.717) is 6.54 Å². The van der Waals surface area contributed by atoms with Gasteiger partial charge in [-0.25, -0.2) is 0 Å². The largest absolute Gasteiger partial charge is 0.301 e. The average Bonchev–Trinajstić information content (AvgIpc) is 2.56. The minimum atomic E-state index is -0.403. The van der Waals surface area contributed by atoms with E-state index in [0.717, 1.165) is 10.0 Å². The van der Waals surface area contributed by atoms with Crippen LogP contribution in [0.25, 0.3) is 0 Å². The summed E-state index contributed by atoms with van der Waals surface area (Å²) in [5.74, 6) is -0.452. The van der Waals surface area contributed by atoms with E-state index in [1.54, 1.807) is 0 Å². The highest BCUT2D eigenvalue weighted by molar-refractivity contribution is 9.10. The molecule has 0 aliphatic carbocycles. The summed E-state index contributed by atoms with van der Waals surface area (Å²) >= 11 is 3.43. The molecule has 2 rings (SSSR count). The molecule has 1 aromatic rings. The average molecular weight is 283 g/mol. The molecule has 0 aromatic heterocycles. The molecular weight excluding hydrogens is 272 g/mol. The van der Waals surface area contributed by atoms with Gasteiger partial charge in [-0.2, -0.15) is 0 Å². The number of carbonyl (C=O) groups excluding carboxylic acids is 2. The van der Waals surface area contributed by atoms with Gasteiger partial charge in [0.1, 0.15) is 0 Å². The summed E-state index contributed by atoms with van der Waals surface area (Å²) in [6.07, 6.45) is 0.225. The van der Waals surface area contributed by atoms with Crippen molar-refractivity contribution in [1.82, 2.24) is 10.6 Å². The molecule has 0 saturated carbocycles. The highest BCUT2D eigenvalue weighted by Crippen LogP contribution is 2.16. The zero-order valence-electron chi connectivity index (χ0n) is 8.50. The van der Waals surface area contributed by atoms with E-state index in [1.165, 1.54) is 0 Å². The summed E-state index contributed by atoms with van der Waals surface area (Å²) in [5.41, 5.74) is 1.06. The molecule has 1 aromatic carbocycles. The number of benzene rings is 1. The molecule has 84 valence electrons. The Kier molecular flexibility index (Phi) is 3.36. The number of halogens is 1. The lowest BCUT2D eigenvalue weighted by atomic mass is 10.2. The van der Waals surface area contributed by atoms with Crippen molar-refractivity contribution in [1.29, 1.82) is 0 Å². The van der Waals surface area contributed by atoms with Crippen LogP contribution in [0.4, 0.5) is 0 Å². The van der Waals surface area contributed by atoms with Gasteiger partial charge in [-0.1, -0.05) is 34.1 Å². The summed E-state index contributed by atoms with van der Waals surface area (Å²) in [5, 5.41) is 5.32. The van der Waals surface area contributed by atoms with E-state index in [-0.39, 0.29) is 18.2 Å². The van der Waals surface area contributed by atoms with Crippen LogP contribution in [-0.2, 0) is 16.1 Å². The van der Waals surface area contributed by atoms with E-state index in [1.807, 2.05) is 24.3 Å². The maximum atomic E-state index is 11.3. The number of hydrogen-bond acceptors (Lipinski definition) is 3. The highest BCUT2D eigenvalue weighted by Gasteiger charge is 2.29. The normalized spacial score (nSPS) is 19.9. The van der Waals surface area contributed by atoms with E-state index in [9.17, 15) is 9.59 Å². The van der Waals surface area contributed by atoms with Crippen molar-refractivity contribution in [3.05, 3.63) is 34.3 Å². The van der Waals surface area contributed by atoms with Crippen molar-refractivity contribution in [2.75, 3.05) is 0 Å². The maximum absolute atomic E-state index is 11.3. The smallest absolute Gasteiger partial charge is 0.244 e. The van der Waals surface area contributed by atoms with Crippen LogP contribution in [0.3, 0.4) is 0 Å². The van der Waals surface area contributed by atoms with Crippen molar-refractivity contribution >= 4 is 27.7 Å². The molecule has 5 heteroatoms. The van der Waals surface area contributed by atoms with Gasteiger partial charge in [0.15, 0.2) is 0 Å². The van der Waals surface area contributed by atoms with E-state index in [2.05, 4.69) is 26.6 Å². The molecule has 1 unspecified atom stereocenters. The summed E-state index contributed by atoms with van der Waals surface area (Å²) in [6, 6.07) is 7.36. The number of nitrogens with one attached hydrogen (secondary N) is 2. The predicted octanol–water partition coefficient (Wildman–Crippen LogP) is 0.954. The number of carbonyl (C=O) groups is 2. The molecule has 1 heterocycles. The summed E-state index contributed by atoms with van der Waals surface area (Å²) < 4.78 is 0.993. The van der Waals surface area contributed by atoms with Crippen LogP contribution in [0, 0.1) is 0 Å². The third-order valence-corrected chi connectivity index (χ3v) is 3.24. The molecule has 0 radical (unpaired) electrons. The van der Waals surface area contributed by atoms with Crippen molar-refractivity contribution in [3.63, 3.8) is 0 Å². The topological polar surface area (TPSA) is 58.2 Å². The Morgan fingerprint density at radius 2 is 2.12 bits per heavy atom. The SMILES string of the molecule is O=C1CC(NCc2ccccc2Br)C(=O)N1. The molecule has 2 amide bonds. The van der Waals surface area contributed by atoms with E-state index < -0.39 is 6.04 Å². The fourth-order valence-corrected chi connectivity index (χ4v) is 2.02. The molecule has 2 N–H and O–H groups in total. The first-order valence-corrected chi connectivity index (χ1v) is 5.76. The summed E-state index contributed by atoms with van der Waals surface area (Å²) in [4.78, 5) is 22.2. The van der Waals surface area contributed by atoms with Crippen LogP contribution < -0.4 is 10.6 Å². The molecule has 0 spiro atoms. The van der Waals surface area contributed by atoms with Gasteiger partial charge in [-0.05, 0) is 11.6 Å². The molecule has 1 atom stereocenters. The van der Waals surface area contributed by atoms with Gasteiger partial charge in [0.2, 0.25) is 11.8 Å². The Labute approximate surface area is 102 Å². The number of hydrogen-bond donors (Lipinski definition) is 2. The lowest BCUT2D eigenvalue weighted by molar-refractivity contribution is -0.125. The number of imide groups is 1. The lowest BCUT2D eigenvalue weighted by Gasteiger charge is -2.09. The summed E-state index contributed by atoms with van der Waals surface area (Å²) in [6.45, 7) is 0.562. The van der Waals surface area contributed by atoms with E-state index >= 15 is 0 Å². The van der Waals surface area contributed by atoms with Gasteiger partial charge >= 0.3 is 0 Å². The van der Waals surface area contributed by atoms with Gasteiger partial charge in [-0.3, -0.25) is 14.9 Å². The molecule has 0 bridgehead atoms. The first-order valence-electron chi connectivity index (χ1n) is 4.97. The Bertz CT molecular complexity index is 434. The molecule has 1 saturated heterocycles. The first-order chi connectivity index (χ1) is 7.66. The zero-order valence-corrected chi connectivity index (χ0v) is 10.1. The monoisotopic (exact) mass is 282 g/mol. The Balaban J connectivity index is 1.95. The van der Waals surface area contributed by atoms with Crippen molar-refractivity contribution in [2.45, 2.75) is 19.0 Å². The molecule has 1 aliphatic heterocycles. The second kappa shape index (κ2) is 4.76. The van der Waals surface area contributed by atoms with Crippen LogP contribution >= 0.6 is 15.9 Å². The molecular formula is C11H11BrN2O2. The predicted molar refractivity (Wildman–Crippen MR) is 62.5 cm³/mol. The Morgan fingerprint density at radius 1 is 1.38 bits per heavy atom. The number of rotatable bonds is 3. The highest BCUT2D eigenvalue weighted by atomic mass is 79.9. The quantitative estimate of drug-likeness (QED) is 0.812. The fraction of sp³-hybridized carbons (Fsp3) is 0.273. The van der Waals surface area contributed by atoms with Crippen LogP contribution in [0.2, 0.25) is 0 Å². The van der Waals surface area contributed by atoms with Crippen LogP contribution in [0.1, 0.15) is 12.0 Å². The van der Waals surface area contributed by atoms with Crippen molar-refractivity contribution in [3.8, 4) is 0 Å². The van der Waals surface area contributed by atoms with Crippen molar-refractivity contribution < 1.29 is 9.59 Å². The third-order valence-electron chi connectivity index (χ3n) is 2.47. The maximum Gasteiger partial charge on any atom is 0.244 e. The first kappa shape index (κ1) is 11.3. The van der Waals surface area contributed by atoms with Gasteiger partial charge < -0.3 is 5.32 Å². The second-order valence-electron chi connectivity index (χ2n) is 3.64. The molecule has 16 heavy (non-hydrogen) atoms. The van der Waals surface area contributed by atoms with Crippen LogP contribution in [-0.4, -0.2) is 17.9 Å². The van der Waals surface area contributed by atoms with Gasteiger partial charge in [0.25, 0.3) is 0 Å². The fourth-order valence-electron chi connectivity index (χ4n) is 1.59. The molecule has 4 nitrogen and oxygen atoms in total. The minimum absolute atomic E-state index is 0.213. The third kappa shape index (κ3) is 2.48. The van der Waals surface area contributed by atoms with Gasteiger partial charge in [0, 0.05) is 11.0 Å². The van der Waals surface area contributed by atoms with Gasteiger partial charge in [-0.15, -0.1) is 0 Å². The summed E-state index contributed by atoms with van der Waals surface area (Å²) in [7, 11) is 0.